The maximum atomic E-state index is 12.6. The molecule has 2 unspecified atom stereocenters. The molecule has 0 bridgehead atoms. The molecule has 1 aliphatic heterocycles. The zero-order valence-electron chi connectivity index (χ0n) is 11.6. The zero-order valence-corrected chi connectivity index (χ0v) is 12.4. The summed E-state index contributed by atoms with van der Waals surface area (Å²) in [5, 5.41) is 0.529. The number of amides is 1. The third-order valence-electron chi connectivity index (χ3n) is 4.75. The van der Waals surface area contributed by atoms with Gasteiger partial charge in [0.05, 0.1) is 0 Å². The van der Waals surface area contributed by atoms with E-state index in [9.17, 15) is 4.79 Å². The van der Waals surface area contributed by atoms with Crippen LogP contribution < -0.4 is 5.73 Å². The van der Waals surface area contributed by atoms with Gasteiger partial charge < -0.3 is 10.6 Å². The molecule has 1 saturated heterocycles. The van der Waals surface area contributed by atoms with E-state index in [4.69, 9.17) is 17.3 Å². The van der Waals surface area contributed by atoms with Crippen LogP contribution in [0, 0.1) is 11.8 Å². The number of hydrogen-bond acceptors (Lipinski definition) is 2. The van der Waals surface area contributed by atoms with Crippen LogP contribution in [0.15, 0.2) is 18.2 Å². The predicted octanol–water partition coefficient (Wildman–Crippen LogP) is 3.57. The molecule has 3 nitrogen and oxygen atoms in total. The lowest BCUT2D eigenvalue weighted by Gasteiger charge is -2.41. The van der Waals surface area contributed by atoms with Crippen molar-refractivity contribution in [3.05, 3.63) is 28.8 Å². The summed E-state index contributed by atoms with van der Waals surface area (Å²) in [7, 11) is 0. The molecule has 1 aromatic rings. The monoisotopic (exact) mass is 292 g/mol. The van der Waals surface area contributed by atoms with Gasteiger partial charge in [0.25, 0.3) is 5.91 Å². The summed E-state index contributed by atoms with van der Waals surface area (Å²) in [6.45, 7) is 1.77. The number of carbonyl (C=O) groups excluding carboxylic acids is 1. The van der Waals surface area contributed by atoms with E-state index in [-0.39, 0.29) is 5.91 Å². The van der Waals surface area contributed by atoms with E-state index in [1.54, 1.807) is 18.2 Å². The Hall–Kier alpha value is -1.22. The normalized spacial score (nSPS) is 26.1. The predicted molar refractivity (Wildman–Crippen MR) is 81.8 cm³/mol. The summed E-state index contributed by atoms with van der Waals surface area (Å²) in [6.07, 6.45) is 6.43. The van der Waals surface area contributed by atoms with E-state index < -0.39 is 0 Å². The molecule has 0 aromatic heterocycles. The minimum atomic E-state index is 0.0724. The summed E-state index contributed by atoms with van der Waals surface area (Å²) in [5.74, 6) is 1.60. The van der Waals surface area contributed by atoms with Crippen molar-refractivity contribution >= 4 is 23.2 Å². The molecule has 1 amide bonds. The van der Waals surface area contributed by atoms with Gasteiger partial charge in [-0.05, 0) is 42.9 Å². The topological polar surface area (TPSA) is 46.3 Å². The lowest BCUT2D eigenvalue weighted by molar-refractivity contribution is 0.0521. The molecule has 1 aliphatic carbocycles. The van der Waals surface area contributed by atoms with Gasteiger partial charge in [0, 0.05) is 29.4 Å². The molecule has 108 valence electrons. The van der Waals surface area contributed by atoms with Gasteiger partial charge in [-0.15, -0.1) is 0 Å². The van der Waals surface area contributed by atoms with E-state index in [2.05, 4.69) is 0 Å². The highest BCUT2D eigenvalue weighted by Gasteiger charge is 2.33. The van der Waals surface area contributed by atoms with Gasteiger partial charge >= 0.3 is 0 Å². The number of anilines is 1. The van der Waals surface area contributed by atoms with Crippen molar-refractivity contribution in [2.24, 2.45) is 11.8 Å². The third-order valence-corrected chi connectivity index (χ3v) is 4.96. The fourth-order valence-electron chi connectivity index (χ4n) is 3.70. The van der Waals surface area contributed by atoms with Crippen LogP contribution >= 0.6 is 11.6 Å². The number of carbonyl (C=O) groups is 1. The van der Waals surface area contributed by atoms with E-state index in [0.29, 0.717) is 22.2 Å². The number of hydrogen-bond donors (Lipinski definition) is 1. The van der Waals surface area contributed by atoms with Crippen LogP contribution in [0.3, 0.4) is 0 Å². The first-order valence-corrected chi connectivity index (χ1v) is 7.86. The van der Waals surface area contributed by atoms with E-state index >= 15 is 0 Å². The van der Waals surface area contributed by atoms with Gasteiger partial charge in [0.1, 0.15) is 0 Å². The Kier molecular flexibility index (Phi) is 3.88. The molecule has 4 heteroatoms. The fourth-order valence-corrected chi connectivity index (χ4v) is 3.95. The molecule has 1 saturated carbocycles. The molecule has 20 heavy (non-hydrogen) atoms. The fraction of sp³-hybridized carbons (Fsp3) is 0.562. The molecular formula is C16H21ClN2O. The second kappa shape index (κ2) is 5.65. The minimum Gasteiger partial charge on any atom is -0.399 e. The van der Waals surface area contributed by atoms with Crippen LogP contribution in [0.5, 0.6) is 0 Å². The first kappa shape index (κ1) is 13.7. The number of nitrogens with zero attached hydrogens (tertiary/aromatic N) is 1. The molecule has 2 atom stereocenters. The molecule has 1 heterocycles. The van der Waals surface area contributed by atoms with Gasteiger partial charge in [-0.3, -0.25) is 4.79 Å². The zero-order chi connectivity index (χ0) is 14.1. The summed E-state index contributed by atoms with van der Waals surface area (Å²) < 4.78 is 0. The van der Waals surface area contributed by atoms with Crippen LogP contribution in [0.1, 0.15) is 42.5 Å². The number of nitrogen functional groups attached to an aromatic ring is 1. The standard InChI is InChI=1S/C16H21ClN2O/c17-14-7-13(8-15(18)9-14)16(20)19-6-5-11-3-1-2-4-12(11)10-19/h7-9,11-12H,1-6,10,18H2. The maximum absolute atomic E-state index is 12.6. The summed E-state index contributed by atoms with van der Waals surface area (Å²) in [5.41, 5.74) is 6.94. The van der Waals surface area contributed by atoms with E-state index in [0.717, 1.165) is 25.4 Å². The third kappa shape index (κ3) is 2.78. The first-order chi connectivity index (χ1) is 9.63. The van der Waals surface area contributed by atoms with Gasteiger partial charge in [-0.25, -0.2) is 0 Å². The Morgan fingerprint density at radius 2 is 1.90 bits per heavy atom. The molecular weight excluding hydrogens is 272 g/mol. The Labute approximate surface area is 125 Å². The Balaban J connectivity index is 1.74. The highest BCUT2D eigenvalue weighted by molar-refractivity contribution is 6.31. The SMILES string of the molecule is Nc1cc(Cl)cc(C(=O)N2CCC3CCCCC3C2)c1. The van der Waals surface area contributed by atoms with Gasteiger partial charge in [0.2, 0.25) is 0 Å². The molecule has 3 rings (SSSR count). The van der Waals surface area contributed by atoms with Crippen molar-refractivity contribution in [3.63, 3.8) is 0 Å². The maximum Gasteiger partial charge on any atom is 0.253 e. The van der Waals surface area contributed by atoms with Crippen molar-refractivity contribution in [1.82, 2.24) is 4.90 Å². The Bertz CT molecular complexity index is 497. The number of rotatable bonds is 1. The summed E-state index contributed by atoms with van der Waals surface area (Å²) >= 11 is 5.99. The average molecular weight is 293 g/mol. The van der Waals surface area contributed by atoms with E-state index in [1.807, 2.05) is 4.90 Å². The summed E-state index contributed by atoms with van der Waals surface area (Å²) in [6, 6.07) is 5.11. The lowest BCUT2D eigenvalue weighted by Crippen LogP contribution is -2.44. The van der Waals surface area contributed by atoms with Crippen molar-refractivity contribution in [3.8, 4) is 0 Å². The highest BCUT2D eigenvalue weighted by Crippen LogP contribution is 2.36. The molecule has 0 radical (unpaired) electrons. The number of fused-ring (bicyclic) bond motifs is 1. The van der Waals surface area contributed by atoms with Gasteiger partial charge in [0.15, 0.2) is 0 Å². The average Bonchev–Trinajstić information content (AvgIpc) is 2.45. The van der Waals surface area contributed by atoms with Crippen molar-refractivity contribution in [2.75, 3.05) is 18.8 Å². The number of nitrogens with two attached hydrogens (primary N) is 1. The second-order valence-electron chi connectivity index (χ2n) is 6.12. The highest BCUT2D eigenvalue weighted by atomic mass is 35.5. The van der Waals surface area contributed by atoms with Crippen LogP contribution in [0.2, 0.25) is 5.02 Å². The number of piperidine rings is 1. The lowest BCUT2D eigenvalue weighted by atomic mass is 9.75. The second-order valence-corrected chi connectivity index (χ2v) is 6.55. The number of likely N-dealkylation sites (tertiary alicyclic amines) is 1. The van der Waals surface area contributed by atoms with E-state index in [1.165, 1.54) is 25.7 Å². The van der Waals surface area contributed by atoms with Crippen LogP contribution in [0.25, 0.3) is 0 Å². The Morgan fingerprint density at radius 1 is 1.15 bits per heavy atom. The van der Waals surface area contributed by atoms with Crippen LogP contribution in [-0.2, 0) is 0 Å². The minimum absolute atomic E-state index is 0.0724. The molecule has 2 aliphatic rings. The van der Waals surface area contributed by atoms with Gasteiger partial charge in [-0.2, -0.15) is 0 Å². The summed E-state index contributed by atoms with van der Waals surface area (Å²) in [4.78, 5) is 14.6. The number of halogens is 1. The first-order valence-electron chi connectivity index (χ1n) is 7.49. The van der Waals surface area contributed by atoms with Crippen molar-refractivity contribution in [1.29, 1.82) is 0 Å². The smallest absolute Gasteiger partial charge is 0.253 e. The molecule has 1 aromatic carbocycles. The van der Waals surface area contributed by atoms with Crippen molar-refractivity contribution in [2.45, 2.75) is 32.1 Å². The van der Waals surface area contributed by atoms with Crippen molar-refractivity contribution < 1.29 is 4.79 Å². The quantitative estimate of drug-likeness (QED) is 0.804. The molecule has 0 spiro atoms. The largest absolute Gasteiger partial charge is 0.399 e. The molecule has 2 fully saturated rings. The van der Waals surface area contributed by atoms with Crippen LogP contribution in [0.4, 0.5) is 5.69 Å². The Morgan fingerprint density at radius 3 is 2.65 bits per heavy atom. The van der Waals surface area contributed by atoms with Crippen LogP contribution in [-0.4, -0.2) is 23.9 Å². The van der Waals surface area contributed by atoms with Gasteiger partial charge in [-0.1, -0.05) is 30.9 Å². The number of benzene rings is 1. The molecule has 2 N–H and O–H groups in total.